The molecule has 3 aromatic carbocycles. The van der Waals surface area contributed by atoms with Gasteiger partial charge >= 0.3 is 0 Å². The molecule has 0 amide bonds. The molecule has 0 saturated carbocycles. The van der Waals surface area contributed by atoms with Crippen LogP contribution >= 0.6 is 0 Å². The molecule has 0 bridgehead atoms. The molecule has 0 aliphatic carbocycles. The van der Waals surface area contributed by atoms with Crippen molar-refractivity contribution in [3.63, 3.8) is 0 Å². The van der Waals surface area contributed by atoms with Crippen molar-refractivity contribution in [1.29, 1.82) is 0 Å². The van der Waals surface area contributed by atoms with Crippen molar-refractivity contribution in [2.24, 2.45) is 0 Å². The molecule has 0 saturated heterocycles. The van der Waals surface area contributed by atoms with Gasteiger partial charge in [0.1, 0.15) is 0 Å². The van der Waals surface area contributed by atoms with Crippen LogP contribution in [0.3, 0.4) is 0 Å². The minimum absolute atomic E-state index is 0.244. The van der Waals surface area contributed by atoms with E-state index in [9.17, 15) is 8.42 Å². The first-order valence-electron chi connectivity index (χ1n) is 7.18. The maximum Gasteiger partial charge on any atom is 0.261 e. The SMILES string of the molecule is COCc1cccc(NS(=O)(=O)c2ccc3ccccc3c2)c1. The molecule has 0 atom stereocenters. The lowest BCUT2D eigenvalue weighted by molar-refractivity contribution is 0.185. The highest BCUT2D eigenvalue weighted by molar-refractivity contribution is 7.92. The summed E-state index contributed by atoms with van der Waals surface area (Å²) in [5.74, 6) is 0. The highest BCUT2D eigenvalue weighted by Gasteiger charge is 2.14. The first kappa shape index (κ1) is 15.5. The van der Waals surface area contributed by atoms with Crippen LogP contribution in [0.2, 0.25) is 0 Å². The number of rotatable bonds is 5. The van der Waals surface area contributed by atoms with Crippen LogP contribution < -0.4 is 4.72 Å². The molecule has 0 aliphatic rings. The summed E-state index contributed by atoms with van der Waals surface area (Å²) in [4.78, 5) is 0.244. The summed E-state index contributed by atoms with van der Waals surface area (Å²) in [6.07, 6.45) is 0. The zero-order valence-electron chi connectivity index (χ0n) is 12.7. The highest BCUT2D eigenvalue weighted by atomic mass is 32.2. The van der Waals surface area contributed by atoms with E-state index >= 15 is 0 Å². The lowest BCUT2D eigenvalue weighted by Crippen LogP contribution is -2.13. The van der Waals surface area contributed by atoms with Gasteiger partial charge in [-0.25, -0.2) is 8.42 Å². The zero-order valence-corrected chi connectivity index (χ0v) is 13.5. The van der Waals surface area contributed by atoms with E-state index in [0.29, 0.717) is 12.3 Å². The third kappa shape index (κ3) is 3.52. The predicted molar refractivity (Wildman–Crippen MR) is 91.9 cm³/mol. The van der Waals surface area contributed by atoms with Crippen molar-refractivity contribution >= 4 is 26.5 Å². The second-order valence-electron chi connectivity index (χ2n) is 5.25. The summed E-state index contributed by atoms with van der Waals surface area (Å²) < 4.78 is 32.8. The number of ether oxygens (including phenoxy) is 1. The van der Waals surface area contributed by atoms with Gasteiger partial charge in [0, 0.05) is 12.8 Å². The minimum atomic E-state index is -3.63. The first-order valence-corrected chi connectivity index (χ1v) is 8.66. The largest absolute Gasteiger partial charge is 0.380 e. The number of anilines is 1. The number of methoxy groups -OCH3 is 1. The average molecular weight is 327 g/mol. The molecule has 0 unspecified atom stereocenters. The maximum absolute atomic E-state index is 12.6. The molecule has 4 nitrogen and oxygen atoms in total. The first-order chi connectivity index (χ1) is 11.1. The number of benzene rings is 3. The van der Waals surface area contributed by atoms with Crippen LogP contribution in [0.15, 0.2) is 71.6 Å². The summed E-state index contributed by atoms with van der Waals surface area (Å²) in [7, 11) is -2.02. The van der Waals surface area contributed by atoms with E-state index in [4.69, 9.17) is 4.74 Å². The fourth-order valence-corrected chi connectivity index (χ4v) is 3.52. The number of sulfonamides is 1. The number of fused-ring (bicyclic) bond motifs is 1. The molecular weight excluding hydrogens is 310 g/mol. The Balaban J connectivity index is 1.92. The summed E-state index contributed by atoms with van der Waals surface area (Å²) in [5.41, 5.74) is 1.43. The summed E-state index contributed by atoms with van der Waals surface area (Å²) in [5, 5.41) is 1.90. The van der Waals surface area contributed by atoms with Crippen molar-refractivity contribution in [3.8, 4) is 0 Å². The third-order valence-corrected chi connectivity index (χ3v) is 4.90. The molecule has 1 N–H and O–H groups in total. The molecule has 3 aromatic rings. The second kappa shape index (κ2) is 6.40. The fraction of sp³-hybridized carbons (Fsp3) is 0.111. The Bertz CT molecular complexity index is 936. The van der Waals surface area contributed by atoms with Crippen LogP contribution in [0.5, 0.6) is 0 Å². The zero-order chi connectivity index (χ0) is 16.3. The van der Waals surface area contributed by atoms with Gasteiger partial charge in [-0.05, 0) is 40.6 Å². The van der Waals surface area contributed by atoms with Gasteiger partial charge in [-0.3, -0.25) is 4.72 Å². The van der Waals surface area contributed by atoms with Crippen molar-refractivity contribution in [2.75, 3.05) is 11.8 Å². The molecule has 0 heterocycles. The van der Waals surface area contributed by atoms with Gasteiger partial charge in [0.2, 0.25) is 0 Å². The second-order valence-corrected chi connectivity index (χ2v) is 6.93. The Morgan fingerprint density at radius 3 is 2.48 bits per heavy atom. The van der Waals surface area contributed by atoms with Crippen molar-refractivity contribution < 1.29 is 13.2 Å². The molecular formula is C18H17NO3S. The highest BCUT2D eigenvalue weighted by Crippen LogP contribution is 2.22. The Labute approximate surface area is 135 Å². The average Bonchev–Trinajstić information content (AvgIpc) is 2.54. The van der Waals surface area contributed by atoms with E-state index in [-0.39, 0.29) is 4.90 Å². The third-order valence-electron chi connectivity index (χ3n) is 3.52. The predicted octanol–water partition coefficient (Wildman–Crippen LogP) is 3.79. The van der Waals surface area contributed by atoms with E-state index in [1.54, 1.807) is 37.4 Å². The van der Waals surface area contributed by atoms with Crippen LogP contribution in [0.25, 0.3) is 10.8 Å². The van der Waals surface area contributed by atoms with E-state index < -0.39 is 10.0 Å². The van der Waals surface area contributed by atoms with Gasteiger partial charge in [-0.1, -0.05) is 42.5 Å². The van der Waals surface area contributed by atoms with Gasteiger partial charge in [0.15, 0.2) is 0 Å². The van der Waals surface area contributed by atoms with Crippen molar-refractivity contribution in [1.82, 2.24) is 0 Å². The van der Waals surface area contributed by atoms with Gasteiger partial charge in [-0.15, -0.1) is 0 Å². The summed E-state index contributed by atoms with van der Waals surface area (Å²) in [6.45, 7) is 0.436. The number of hydrogen-bond acceptors (Lipinski definition) is 3. The summed E-state index contributed by atoms with van der Waals surface area (Å²) in [6, 6.07) is 19.9. The van der Waals surface area contributed by atoms with Gasteiger partial charge < -0.3 is 4.74 Å². The Morgan fingerprint density at radius 1 is 0.913 bits per heavy atom. The number of hydrogen-bond donors (Lipinski definition) is 1. The van der Waals surface area contributed by atoms with Gasteiger partial charge in [0.25, 0.3) is 10.0 Å². The Hall–Kier alpha value is -2.37. The molecule has 0 spiro atoms. The lowest BCUT2D eigenvalue weighted by Gasteiger charge is -2.10. The van der Waals surface area contributed by atoms with E-state index in [2.05, 4.69) is 4.72 Å². The topological polar surface area (TPSA) is 55.4 Å². The molecule has 23 heavy (non-hydrogen) atoms. The van der Waals surface area contributed by atoms with Gasteiger partial charge in [-0.2, -0.15) is 0 Å². The normalized spacial score (nSPS) is 11.5. The van der Waals surface area contributed by atoms with Crippen LogP contribution in [-0.4, -0.2) is 15.5 Å². The van der Waals surface area contributed by atoms with E-state index in [0.717, 1.165) is 16.3 Å². The van der Waals surface area contributed by atoms with E-state index in [1.807, 2.05) is 36.4 Å². The molecule has 5 heteroatoms. The van der Waals surface area contributed by atoms with Gasteiger partial charge in [0.05, 0.1) is 11.5 Å². The standard InChI is InChI=1S/C18H17NO3S/c1-22-13-14-5-4-8-17(11-14)19-23(20,21)18-10-9-15-6-2-3-7-16(15)12-18/h2-12,19H,13H2,1H3. The van der Waals surface area contributed by atoms with Crippen molar-refractivity contribution in [2.45, 2.75) is 11.5 Å². The smallest absolute Gasteiger partial charge is 0.261 e. The fourth-order valence-electron chi connectivity index (χ4n) is 2.44. The molecule has 118 valence electrons. The monoisotopic (exact) mass is 327 g/mol. The van der Waals surface area contributed by atoms with E-state index in [1.165, 1.54) is 0 Å². The van der Waals surface area contributed by atoms with Crippen LogP contribution in [-0.2, 0) is 21.4 Å². The maximum atomic E-state index is 12.6. The Morgan fingerprint density at radius 2 is 1.70 bits per heavy atom. The number of nitrogens with one attached hydrogen (secondary N) is 1. The van der Waals surface area contributed by atoms with Crippen LogP contribution in [0, 0.1) is 0 Å². The van der Waals surface area contributed by atoms with Crippen LogP contribution in [0.4, 0.5) is 5.69 Å². The Kier molecular flexibility index (Phi) is 4.32. The molecule has 0 aliphatic heterocycles. The quantitative estimate of drug-likeness (QED) is 0.776. The lowest BCUT2D eigenvalue weighted by atomic mass is 10.1. The molecule has 3 rings (SSSR count). The molecule has 0 aromatic heterocycles. The molecule has 0 fully saturated rings. The van der Waals surface area contributed by atoms with Crippen LogP contribution in [0.1, 0.15) is 5.56 Å². The minimum Gasteiger partial charge on any atom is -0.380 e. The van der Waals surface area contributed by atoms with Crippen molar-refractivity contribution in [3.05, 3.63) is 72.3 Å². The summed E-state index contributed by atoms with van der Waals surface area (Å²) >= 11 is 0. The molecule has 0 radical (unpaired) electrons.